The van der Waals surface area contributed by atoms with Gasteiger partial charge in [0.1, 0.15) is 0 Å². The van der Waals surface area contributed by atoms with Crippen LogP contribution in [0.4, 0.5) is 0 Å². The van der Waals surface area contributed by atoms with Gasteiger partial charge in [-0.25, -0.2) is 0 Å². The highest BCUT2D eigenvalue weighted by Gasteiger charge is 2.19. The third-order valence-corrected chi connectivity index (χ3v) is 1.99. The van der Waals surface area contributed by atoms with Gasteiger partial charge in [0, 0.05) is 6.54 Å². The Morgan fingerprint density at radius 1 is 1.75 bits per heavy atom. The molecule has 4 nitrogen and oxygen atoms in total. The Kier molecular flexibility index (Phi) is 3.22. The lowest BCUT2D eigenvalue weighted by molar-refractivity contribution is -0.429. The van der Waals surface area contributed by atoms with Gasteiger partial charge < -0.3 is 0 Å². The fraction of sp³-hybridized carbons (Fsp3) is 0.750. The number of hydrogen-bond acceptors (Lipinski definition) is 3. The summed E-state index contributed by atoms with van der Waals surface area (Å²) in [6.07, 6.45) is 3.60. The first-order valence-electron chi connectivity index (χ1n) is 4.30. The molecule has 1 rings (SSSR count). The quantitative estimate of drug-likeness (QED) is 0.473. The molecule has 0 aliphatic carbocycles. The molecule has 0 N–H and O–H groups in total. The largest absolute Gasteiger partial charge is 0.293 e. The molecule has 0 bridgehead atoms. The van der Waals surface area contributed by atoms with E-state index in [0.717, 1.165) is 25.9 Å². The van der Waals surface area contributed by atoms with Gasteiger partial charge in [-0.3, -0.25) is 15.0 Å². The molecule has 0 fully saturated rings. The van der Waals surface area contributed by atoms with E-state index in [1.807, 2.05) is 0 Å². The van der Waals surface area contributed by atoms with Crippen LogP contribution in [0.25, 0.3) is 0 Å². The zero-order valence-electron chi connectivity index (χ0n) is 7.32. The minimum Gasteiger partial charge on any atom is -0.293 e. The maximum Gasteiger partial charge on any atom is 0.256 e. The van der Waals surface area contributed by atoms with E-state index in [2.05, 4.69) is 11.8 Å². The van der Waals surface area contributed by atoms with E-state index in [9.17, 15) is 10.1 Å². The number of nitro groups is 1. The van der Waals surface area contributed by atoms with Crippen LogP contribution in [0.15, 0.2) is 11.8 Å². The predicted octanol–water partition coefficient (Wildman–Crippen LogP) is 1.26. The fourth-order valence-electron chi connectivity index (χ4n) is 1.43. The monoisotopic (exact) mass is 170 g/mol. The van der Waals surface area contributed by atoms with Gasteiger partial charge in [-0.05, 0) is 25.5 Å². The maximum atomic E-state index is 10.4. The maximum absolute atomic E-state index is 10.4. The molecule has 0 aromatic heterocycles. The Bertz CT molecular complexity index is 201. The van der Waals surface area contributed by atoms with Crippen LogP contribution in [0.1, 0.15) is 19.8 Å². The van der Waals surface area contributed by atoms with Crippen LogP contribution in [0, 0.1) is 10.1 Å². The number of rotatable bonds is 3. The van der Waals surface area contributed by atoms with Crippen molar-refractivity contribution in [2.24, 2.45) is 0 Å². The van der Waals surface area contributed by atoms with E-state index in [1.54, 1.807) is 6.08 Å². The van der Waals surface area contributed by atoms with Crippen molar-refractivity contribution in [2.45, 2.75) is 19.8 Å². The summed E-state index contributed by atoms with van der Waals surface area (Å²) in [6, 6.07) is 0. The Labute approximate surface area is 72.0 Å². The molecule has 0 aromatic rings. The molecular weight excluding hydrogens is 156 g/mol. The van der Waals surface area contributed by atoms with Gasteiger partial charge in [-0.1, -0.05) is 6.92 Å². The van der Waals surface area contributed by atoms with Crippen LogP contribution in [0.2, 0.25) is 0 Å². The lowest BCUT2D eigenvalue weighted by atomic mass is 10.2. The molecule has 12 heavy (non-hydrogen) atoms. The Balaban J connectivity index is 2.47. The molecule has 68 valence electrons. The molecule has 0 unspecified atom stereocenters. The number of nitrogens with zero attached hydrogens (tertiary/aromatic N) is 2. The SMILES string of the molecule is CCCN1CCC=C([N+](=O)[O-])C1. The van der Waals surface area contributed by atoms with E-state index in [4.69, 9.17) is 0 Å². The van der Waals surface area contributed by atoms with Crippen molar-refractivity contribution in [1.29, 1.82) is 0 Å². The molecule has 0 radical (unpaired) electrons. The van der Waals surface area contributed by atoms with E-state index in [0.29, 0.717) is 12.2 Å². The molecule has 1 heterocycles. The molecular formula is C8H14N2O2. The van der Waals surface area contributed by atoms with Gasteiger partial charge in [0.25, 0.3) is 5.70 Å². The van der Waals surface area contributed by atoms with Gasteiger partial charge in [-0.2, -0.15) is 0 Å². The molecule has 0 amide bonds. The van der Waals surface area contributed by atoms with Crippen LogP contribution in [0.3, 0.4) is 0 Å². The van der Waals surface area contributed by atoms with Crippen LogP contribution in [-0.2, 0) is 0 Å². The van der Waals surface area contributed by atoms with Crippen LogP contribution >= 0.6 is 0 Å². The first-order chi connectivity index (χ1) is 5.74. The van der Waals surface area contributed by atoms with Crippen LogP contribution in [-0.4, -0.2) is 29.5 Å². The highest BCUT2D eigenvalue weighted by molar-refractivity contribution is 4.99. The summed E-state index contributed by atoms with van der Waals surface area (Å²) >= 11 is 0. The minimum absolute atomic E-state index is 0.276. The molecule has 1 aliphatic heterocycles. The van der Waals surface area contributed by atoms with E-state index in [1.165, 1.54) is 0 Å². The first-order valence-corrected chi connectivity index (χ1v) is 4.30. The Hall–Kier alpha value is -0.900. The van der Waals surface area contributed by atoms with E-state index in [-0.39, 0.29) is 4.92 Å². The lowest BCUT2D eigenvalue weighted by Gasteiger charge is -2.22. The highest BCUT2D eigenvalue weighted by atomic mass is 16.6. The zero-order valence-corrected chi connectivity index (χ0v) is 7.32. The average Bonchev–Trinajstić information content (AvgIpc) is 2.05. The molecule has 0 saturated carbocycles. The lowest BCUT2D eigenvalue weighted by Crippen LogP contribution is -2.32. The van der Waals surface area contributed by atoms with Crippen molar-refractivity contribution in [3.05, 3.63) is 21.9 Å². The molecule has 0 aromatic carbocycles. The van der Waals surface area contributed by atoms with Crippen molar-refractivity contribution < 1.29 is 4.92 Å². The van der Waals surface area contributed by atoms with Crippen LogP contribution < -0.4 is 0 Å². The normalized spacial score (nSPS) is 18.9. The van der Waals surface area contributed by atoms with Gasteiger partial charge >= 0.3 is 0 Å². The van der Waals surface area contributed by atoms with Crippen molar-refractivity contribution in [3.8, 4) is 0 Å². The van der Waals surface area contributed by atoms with E-state index < -0.39 is 0 Å². The third kappa shape index (κ3) is 2.30. The Morgan fingerprint density at radius 2 is 2.50 bits per heavy atom. The summed E-state index contributed by atoms with van der Waals surface area (Å²) in [7, 11) is 0. The molecule has 4 heteroatoms. The van der Waals surface area contributed by atoms with Gasteiger partial charge in [0.2, 0.25) is 0 Å². The zero-order chi connectivity index (χ0) is 8.97. The Morgan fingerprint density at radius 3 is 3.08 bits per heavy atom. The van der Waals surface area contributed by atoms with Gasteiger partial charge in [0.05, 0.1) is 11.5 Å². The fourth-order valence-corrected chi connectivity index (χ4v) is 1.43. The number of hydrogen-bond donors (Lipinski definition) is 0. The van der Waals surface area contributed by atoms with Crippen molar-refractivity contribution in [3.63, 3.8) is 0 Å². The molecule has 0 saturated heterocycles. The van der Waals surface area contributed by atoms with Crippen molar-refractivity contribution in [2.75, 3.05) is 19.6 Å². The third-order valence-electron chi connectivity index (χ3n) is 1.99. The van der Waals surface area contributed by atoms with Crippen LogP contribution in [0.5, 0.6) is 0 Å². The second-order valence-corrected chi connectivity index (χ2v) is 3.02. The smallest absolute Gasteiger partial charge is 0.256 e. The summed E-state index contributed by atoms with van der Waals surface area (Å²) in [6.45, 7) is 4.53. The van der Waals surface area contributed by atoms with E-state index >= 15 is 0 Å². The van der Waals surface area contributed by atoms with Gasteiger partial charge in [0.15, 0.2) is 0 Å². The molecule has 0 spiro atoms. The summed E-state index contributed by atoms with van der Waals surface area (Å²) in [4.78, 5) is 12.3. The standard InChI is InChI=1S/C8H14N2O2/c1-2-5-9-6-3-4-8(7-9)10(11)12/h4H,2-3,5-7H2,1H3. The summed E-state index contributed by atoms with van der Waals surface area (Å²) in [5.41, 5.74) is 0.356. The van der Waals surface area contributed by atoms with Crippen molar-refractivity contribution >= 4 is 0 Å². The first kappa shape index (κ1) is 9.19. The highest BCUT2D eigenvalue weighted by Crippen LogP contribution is 2.09. The predicted molar refractivity (Wildman–Crippen MR) is 46.4 cm³/mol. The molecule has 0 atom stereocenters. The summed E-state index contributed by atoms with van der Waals surface area (Å²) < 4.78 is 0. The van der Waals surface area contributed by atoms with Crippen molar-refractivity contribution in [1.82, 2.24) is 4.90 Å². The second-order valence-electron chi connectivity index (χ2n) is 3.02. The average molecular weight is 170 g/mol. The summed E-state index contributed by atoms with van der Waals surface area (Å²) in [5, 5.41) is 10.4. The topological polar surface area (TPSA) is 46.4 Å². The summed E-state index contributed by atoms with van der Waals surface area (Å²) in [5.74, 6) is 0. The second kappa shape index (κ2) is 4.21. The van der Waals surface area contributed by atoms with Gasteiger partial charge in [-0.15, -0.1) is 0 Å². The molecule has 1 aliphatic rings. The minimum atomic E-state index is -0.276.